The molecule has 0 aliphatic carbocycles. The summed E-state index contributed by atoms with van der Waals surface area (Å²) in [5.74, 6) is 3.95. The Morgan fingerprint density at radius 3 is 1.44 bits per heavy atom. The number of methoxy groups -OCH3 is 1. The van der Waals surface area contributed by atoms with Gasteiger partial charge in [-0.15, -0.1) is 5.10 Å². The van der Waals surface area contributed by atoms with Crippen LogP contribution in [-0.2, 0) is 14.4 Å². The Morgan fingerprint density at radius 1 is 0.465 bits per heavy atom. The molecule has 1 N–H and O–H groups in total. The number of para-hydroxylation sites is 1. The zero-order chi connectivity index (χ0) is 70.1. The third-order valence-electron chi connectivity index (χ3n) is 17.2. The first-order valence-corrected chi connectivity index (χ1v) is 32.2. The molecule has 3 amide bonds. The van der Waals surface area contributed by atoms with E-state index < -0.39 is 0 Å². The van der Waals surface area contributed by atoms with Crippen molar-refractivity contribution in [3.63, 3.8) is 0 Å². The van der Waals surface area contributed by atoms with E-state index in [0.29, 0.717) is 107 Å². The van der Waals surface area contributed by atoms with Crippen LogP contribution in [0.4, 0.5) is 5.69 Å². The molecule has 0 radical (unpaired) electrons. The second-order valence-corrected chi connectivity index (χ2v) is 23.4. The van der Waals surface area contributed by atoms with Gasteiger partial charge in [-0.2, -0.15) is 5.10 Å². The van der Waals surface area contributed by atoms with Gasteiger partial charge in [0.1, 0.15) is 34.5 Å². The van der Waals surface area contributed by atoms with Gasteiger partial charge in [-0.1, -0.05) is 44.0 Å². The molecule has 2 aliphatic rings. The Kier molecular flexibility index (Phi) is 19.3. The predicted molar refractivity (Wildman–Crippen MR) is 383 cm³/mol. The Labute approximate surface area is 577 Å². The number of hydrogen-bond acceptors (Lipinski definition) is 15. The highest BCUT2D eigenvalue weighted by Gasteiger charge is 2.32. The van der Waals surface area contributed by atoms with E-state index in [2.05, 4.69) is 50.2 Å². The lowest BCUT2D eigenvalue weighted by Crippen LogP contribution is -2.31. The Bertz CT molecular complexity index is 5220. The number of aryl methyl sites for hydroxylation is 1. The third-order valence-corrected chi connectivity index (χ3v) is 17.2. The molecule has 2 saturated heterocycles. The molecular weight excluding hydrogens is 1280 g/mol. The minimum Gasteiger partial charge on any atom is -0.496 e. The van der Waals surface area contributed by atoms with Gasteiger partial charge >= 0.3 is 17.1 Å². The van der Waals surface area contributed by atoms with Gasteiger partial charge < -0.3 is 34.1 Å². The minimum absolute atomic E-state index is 0.0989. The highest BCUT2D eigenvalue weighted by Crippen LogP contribution is 2.33. The molecule has 504 valence electrons. The number of rotatable bonds is 17. The molecule has 0 saturated carbocycles. The van der Waals surface area contributed by atoms with E-state index in [1.165, 1.54) is 18.2 Å². The molecule has 24 heteroatoms. The first-order chi connectivity index (χ1) is 49.3. The van der Waals surface area contributed by atoms with E-state index in [4.69, 9.17) is 18.9 Å². The summed E-state index contributed by atoms with van der Waals surface area (Å²) in [6.07, 6.45) is 16.8. The van der Waals surface area contributed by atoms with Crippen LogP contribution in [0.15, 0.2) is 272 Å². The fourth-order valence-electron chi connectivity index (χ4n) is 12.5. The van der Waals surface area contributed by atoms with Crippen molar-refractivity contribution in [3.8, 4) is 63.1 Å². The average molecular weight is 1350 g/mol. The lowest BCUT2D eigenvalue weighted by atomic mass is 10.2. The maximum Gasteiger partial charge on any atom is 0.338 e. The number of nitrogens with zero attached hydrogens (tertiary/aromatic N) is 13. The topological polar surface area (TPSA) is 252 Å². The summed E-state index contributed by atoms with van der Waals surface area (Å²) < 4.78 is 32.9. The molecule has 2 aliphatic heterocycles. The molecule has 7 aromatic heterocycles. The molecule has 101 heavy (non-hydrogen) atoms. The highest BCUT2D eigenvalue weighted by molar-refractivity contribution is 5.99. The molecule has 2 fully saturated rings. The van der Waals surface area contributed by atoms with Crippen molar-refractivity contribution in [2.75, 3.05) is 38.6 Å². The van der Waals surface area contributed by atoms with E-state index in [1.807, 2.05) is 134 Å². The number of fused-ring (bicyclic) bond motifs is 3. The second kappa shape index (κ2) is 29.5. The molecule has 15 rings (SSSR count). The number of amides is 3. The quantitative estimate of drug-likeness (QED) is 0.0832. The molecule has 24 nitrogen and oxygen atoms in total. The van der Waals surface area contributed by atoms with E-state index in [0.717, 1.165) is 39.3 Å². The SMILES string of the molecule is C=CC(=O)N1CCC(n2c(=O)n(-c3ccc(Oc4ccccc4)cc3)c3cnccc32)C1.C=CC(=O)N1CCC(n2c(=O)n(-c3ccc(Oc4cccnn4)cc3)c3cnccc32)C1.C=CC(=O)Nc1cccc(-n2c(=O)n(-c3ccc(Oc4ccc(OC)c(C)c4)cc3)c3cnccc32)c1. The van der Waals surface area contributed by atoms with E-state index in [1.54, 1.807) is 136 Å². The van der Waals surface area contributed by atoms with Crippen molar-refractivity contribution in [2.45, 2.75) is 31.8 Å². The largest absolute Gasteiger partial charge is 0.496 e. The van der Waals surface area contributed by atoms with Gasteiger partial charge in [0.2, 0.25) is 23.6 Å². The lowest BCUT2D eigenvalue weighted by molar-refractivity contribution is -0.125. The number of aromatic nitrogens is 11. The van der Waals surface area contributed by atoms with E-state index in [-0.39, 0.29) is 46.9 Å². The van der Waals surface area contributed by atoms with Gasteiger partial charge in [-0.05, 0) is 189 Å². The van der Waals surface area contributed by atoms with Crippen LogP contribution in [0.3, 0.4) is 0 Å². The van der Waals surface area contributed by atoms with Crippen molar-refractivity contribution >= 4 is 56.5 Å². The first kappa shape index (κ1) is 66.1. The van der Waals surface area contributed by atoms with Gasteiger partial charge in [0.25, 0.3) is 0 Å². The number of anilines is 1. The maximum atomic E-state index is 13.7. The summed E-state index contributed by atoms with van der Waals surface area (Å²) in [5, 5.41) is 10.4. The van der Waals surface area contributed by atoms with Crippen LogP contribution in [0.5, 0.6) is 40.4 Å². The Morgan fingerprint density at radius 2 is 0.941 bits per heavy atom. The first-order valence-electron chi connectivity index (χ1n) is 32.2. The Hall–Kier alpha value is -13.5. The number of carbonyl (C=O) groups excluding carboxylic acids is 3. The van der Waals surface area contributed by atoms with Gasteiger partial charge in [0.05, 0.1) is 93.6 Å². The van der Waals surface area contributed by atoms with Gasteiger partial charge in [-0.25, -0.2) is 14.4 Å². The molecule has 9 heterocycles. The van der Waals surface area contributed by atoms with Crippen LogP contribution in [0, 0.1) is 6.92 Å². The second-order valence-electron chi connectivity index (χ2n) is 23.4. The van der Waals surface area contributed by atoms with Crippen molar-refractivity contribution in [1.29, 1.82) is 0 Å². The van der Waals surface area contributed by atoms with E-state index >= 15 is 0 Å². The number of carbonyl (C=O) groups is 3. The fourth-order valence-corrected chi connectivity index (χ4v) is 12.5. The summed E-state index contributed by atoms with van der Waals surface area (Å²) in [6, 6.07) is 52.8. The minimum atomic E-state index is -0.330. The zero-order valence-electron chi connectivity index (χ0n) is 54.9. The molecule has 6 aromatic carbocycles. The lowest BCUT2D eigenvalue weighted by Gasteiger charge is -2.15. The summed E-state index contributed by atoms with van der Waals surface area (Å²) in [5.41, 5.74) is 7.95. The summed E-state index contributed by atoms with van der Waals surface area (Å²) >= 11 is 0. The normalized spacial score (nSPS) is 13.9. The van der Waals surface area contributed by atoms with Gasteiger partial charge in [0.15, 0.2) is 0 Å². The van der Waals surface area contributed by atoms with Crippen LogP contribution >= 0.6 is 0 Å². The van der Waals surface area contributed by atoms with Crippen molar-refractivity contribution in [3.05, 3.63) is 294 Å². The number of imidazole rings is 3. The van der Waals surface area contributed by atoms with Crippen molar-refractivity contribution in [2.24, 2.45) is 0 Å². The summed E-state index contributed by atoms with van der Waals surface area (Å²) in [4.78, 5) is 92.7. The number of ether oxygens (including phenoxy) is 4. The number of nitrogens with one attached hydrogen (secondary N) is 1. The molecule has 0 spiro atoms. The average Bonchev–Trinajstić information content (AvgIpc) is 1.62. The molecular formula is C77H66N14O10. The maximum absolute atomic E-state index is 13.7. The van der Waals surface area contributed by atoms with Crippen LogP contribution in [0.1, 0.15) is 30.5 Å². The molecule has 13 aromatic rings. The zero-order valence-corrected chi connectivity index (χ0v) is 54.9. The Balaban J connectivity index is 0.000000136. The van der Waals surface area contributed by atoms with Crippen LogP contribution in [0.2, 0.25) is 0 Å². The van der Waals surface area contributed by atoms with Crippen molar-refractivity contribution in [1.82, 2.24) is 62.4 Å². The summed E-state index contributed by atoms with van der Waals surface area (Å²) in [7, 11) is 1.63. The number of pyridine rings is 3. The molecule has 0 bridgehead atoms. The monoisotopic (exact) mass is 1350 g/mol. The number of hydrogen-bond donors (Lipinski definition) is 1. The van der Waals surface area contributed by atoms with Crippen LogP contribution in [0.25, 0.3) is 55.8 Å². The number of benzene rings is 6. The van der Waals surface area contributed by atoms with Gasteiger partial charge in [0, 0.05) is 62.7 Å². The van der Waals surface area contributed by atoms with Crippen LogP contribution in [-0.4, -0.2) is 113 Å². The van der Waals surface area contributed by atoms with Crippen molar-refractivity contribution < 1.29 is 33.3 Å². The number of likely N-dealkylation sites (tertiary alicyclic amines) is 2. The highest BCUT2D eigenvalue weighted by atomic mass is 16.5. The van der Waals surface area contributed by atoms with Gasteiger partial charge in [-0.3, -0.25) is 56.7 Å². The fraction of sp³-hybridized carbons (Fsp3) is 0.130. The predicted octanol–water partition coefficient (Wildman–Crippen LogP) is 12.1. The van der Waals surface area contributed by atoms with E-state index in [9.17, 15) is 28.8 Å². The molecule has 2 unspecified atom stereocenters. The standard InChI is InChI=1S/C29H24N4O4.C25H22N4O3.C23H20N6O3/c1-4-28(34)31-20-6-5-7-22(17-20)33-25-14-15-30-18-26(25)32(29(33)35)21-8-10-23(11-9-21)37-24-12-13-27(36-3)19(2)16-24;1-2-24(30)27-15-13-19(17-27)29-22-12-14-26-16-23(22)28(25(29)31)18-8-10-21(11-9-18)32-20-6-4-3-5-7-20;1-2-22(30)27-13-10-17(15-27)29-19-9-12-24-14-20(19)28(23(29)31)16-5-7-18(8-6-16)32-21-4-3-11-25-26-21/h4-18H,1H2,2-3H3,(H,31,34);2-12,14,16,19H,1,13,15,17H2;2-9,11-12,14,17H,1,10,13,15H2. The smallest absolute Gasteiger partial charge is 0.338 e. The summed E-state index contributed by atoms with van der Waals surface area (Å²) in [6.45, 7) is 14.7. The molecule has 2 atom stereocenters. The third kappa shape index (κ3) is 13.9. The van der Waals surface area contributed by atoms with Crippen LogP contribution < -0.4 is 41.3 Å².